The quantitative estimate of drug-likeness (QED) is 0.766. The molecule has 1 heterocycles. The molecule has 0 bridgehead atoms. The van der Waals surface area contributed by atoms with Gasteiger partial charge in [0.2, 0.25) is 0 Å². The number of anilines is 1. The second kappa shape index (κ2) is 7.87. The summed E-state index contributed by atoms with van der Waals surface area (Å²) in [6, 6.07) is 12.5. The lowest BCUT2D eigenvalue weighted by Crippen LogP contribution is -2.50. The Hall–Kier alpha value is -2.11. The van der Waals surface area contributed by atoms with Gasteiger partial charge in [-0.2, -0.15) is 0 Å². The van der Waals surface area contributed by atoms with Crippen LogP contribution in [0.25, 0.3) is 0 Å². The Morgan fingerprint density at radius 3 is 2.48 bits per heavy atom. The van der Waals surface area contributed by atoms with Gasteiger partial charge in [-0.15, -0.1) is 0 Å². The summed E-state index contributed by atoms with van der Waals surface area (Å²) in [4.78, 5) is 0. The van der Waals surface area contributed by atoms with Crippen LogP contribution in [0.1, 0.15) is 44.9 Å². The first-order valence-corrected chi connectivity index (χ1v) is 9.29. The maximum atomic E-state index is 13.1. The molecular formula is C22H28FNO3. The van der Waals surface area contributed by atoms with Crippen LogP contribution in [0.2, 0.25) is 0 Å². The van der Waals surface area contributed by atoms with Crippen molar-refractivity contribution in [3.05, 3.63) is 59.4 Å². The summed E-state index contributed by atoms with van der Waals surface area (Å²) in [5.41, 5.74) is 2.44. The van der Waals surface area contributed by atoms with E-state index in [1.165, 1.54) is 12.1 Å². The van der Waals surface area contributed by atoms with Gasteiger partial charge in [-0.25, -0.2) is 4.39 Å². The van der Waals surface area contributed by atoms with E-state index in [2.05, 4.69) is 5.32 Å². The van der Waals surface area contributed by atoms with E-state index in [0.29, 0.717) is 6.54 Å². The molecule has 5 heteroatoms. The van der Waals surface area contributed by atoms with E-state index in [-0.39, 0.29) is 24.1 Å². The van der Waals surface area contributed by atoms with E-state index in [1.807, 2.05) is 45.9 Å². The van der Waals surface area contributed by atoms with Crippen LogP contribution in [0, 0.1) is 5.82 Å². The van der Waals surface area contributed by atoms with Crippen molar-refractivity contribution in [1.82, 2.24) is 0 Å². The molecule has 0 spiro atoms. The summed E-state index contributed by atoms with van der Waals surface area (Å²) < 4.78 is 31.2. The van der Waals surface area contributed by atoms with Crippen LogP contribution < -0.4 is 10.1 Å². The summed E-state index contributed by atoms with van der Waals surface area (Å²) in [6.07, 6.45) is -0.383. The number of nitrogens with one attached hydrogen (secondary N) is 1. The minimum atomic E-state index is -0.496. The Morgan fingerprint density at radius 2 is 1.85 bits per heavy atom. The van der Waals surface area contributed by atoms with Gasteiger partial charge in [0.25, 0.3) is 0 Å². The van der Waals surface area contributed by atoms with Gasteiger partial charge in [-0.3, -0.25) is 0 Å². The molecule has 27 heavy (non-hydrogen) atoms. The SMILES string of the molecule is COC1C(OC(C)C)c2cc(NCc3ccc(F)cc3)ccc2OC1(C)C. The number of methoxy groups -OCH3 is 1. The second-order valence-electron chi connectivity index (χ2n) is 7.70. The minimum Gasteiger partial charge on any atom is -0.485 e. The third kappa shape index (κ3) is 4.42. The van der Waals surface area contributed by atoms with Crippen LogP contribution in [0.3, 0.4) is 0 Å². The van der Waals surface area contributed by atoms with Crippen LogP contribution in [-0.2, 0) is 16.0 Å². The van der Waals surface area contributed by atoms with Gasteiger partial charge in [0, 0.05) is 24.9 Å². The van der Waals surface area contributed by atoms with Gasteiger partial charge in [-0.05, 0) is 63.6 Å². The highest BCUT2D eigenvalue weighted by Gasteiger charge is 2.45. The molecule has 0 radical (unpaired) electrons. The molecule has 0 saturated heterocycles. The van der Waals surface area contributed by atoms with Gasteiger partial charge < -0.3 is 19.5 Å². The topological polar surface area (TPSA) is 39.7 Å². The van der Waals surface area contributed by atoms with E-state index in [0.717, 1.165) is 22.6 Å². The zero-order valence-electron chi connectivity index (χ0n) is 16.6. The number of hydrogen-bond acceptors (Lipinski definition) is 4. The van der Waals surface area contributed by atoms with E-state index in [9.17, 15) is 4.39 Å². The van der Waals surface area contributed by atoms with Crippen LogP contribution in [-0.4, -0.2) is 24.9 Å². The van der Waals surface area contributed by atoms with E-state index >= 15 is 0 Å². The number of benzene rings is 2. The van der Waals surface area contributed by atoms with E-state index < -0.39 is 5.60 Å². The molecule has 0 amide bonds. The fraction of sp³-hybridized carbons (Fsp3) is 0.455. The lowest BCUT2D eigenvalue weighted by atomic mass is 9.87. The summed E-state index contributed by atoms with van der Waals surface area (Å²) in [6.45, 7) is 8.68. The van der Waals surface area contributed by atoms with Crippen molar-refractivity contribution in [3.8, 4) is 5.75 Å². The minimum absolute atomic E-state index is 0.0604. The van der Waals surface area contributed by atoms with Crippen molar-refractivity contribution in [1.29, 1.82) is 0 Å². The summed E-state index contributed by atoms with van der Waals surface area (Å²) >= 11 is 0. The summed E-state index contributed by atoms with van der Waals surface area (Å²) in [5, 5.41) is 3.38. The number of ether oxygens (including phenoxy) is 3. The highest BCUT2D eigenvalue weighted by Crippen LogP contribution is 2.44. The number of fused-ring (bicyclic) bond motifs is 1. The first kappa shape index (κ1) is 19.6. The Kier molecular flexibility index (Phi) is 5.72. The van der Waals surface area contributed by atoms with Gasteiger partial charge in [0.15, 0.2) is 0 Å². The normalized spacial score (nSPS) is 20.9. The number of hydrogen-bond donors (Lipinski definition) is 1. The van der Waals surface area contributed by atoms with Crippen molar-refractivity contribution >= 4 is 5.69 Å². The molecular weight excluding hydrogens is 345 g/mol. The van der Waals surface area contributed by atoms with Crippen molar-refractivity contribution in [2.24, 2.45) is 0 Å². The van der Waals surface area contributed by atoms with Crippen LogP contribution >= 0.6 is 0 Å². The van der Waals surface area contributed by atoms with Gasteiger partial charge in [-0.1, -0.05) is 12.1 Å². The molecule has 2 aromatic carbocycles. The summed E-state index contributed by atoms with van der Waals surface area (Å²) in [7, 11) is 1.69. The average Bonchev–Trinajstić information content (AvgIpc) is 2.60. The van der Waals surface area contributed by atoms with Crippen LogP contribution in [0.15, 0.2) is 42.5 Å². The van der Waals surface area contributed by atoms with Crippen molar-refractivity contribution in [2.45, 2.75) is 58.2 Å². The molecule has 1 N–H and O–H groups in total. The predicted octanol–water partition coefficient (Wildman–Crippen LogP) is 5.09. The maximum absolute atomic E-state index is 13.1. The Morgan fingerprint density at radius 1 is 1.15 bits per heavy atom. The largest absolute Gasteiger partial charge is 0.485 e. The highest BCUT2D eigenvalue weighted by atomic mass is 19.1. The Labute approximate surface area is 160 Å². The van der Waals surface area contributed by atoms with Gasteiger partial charge in [0.1, 0.15) is 29.4 Å². The van der Waals surface area contributed by atoms with E-state index in [4.69, 9.17) is 14.2 Å². The molecule has 2 atom stereocenters. The third-order valence-electron chi connectivity index (χ3n) is 4.73. The molecule has 2 aromatic rings. The molecule has 0 fully saturated rings. The molecule has 4 nitrogen and oxygen atoms in total. The van der Waals surface area contributed by atoms with Crippen LogP contribution in [0.4, 0.5) is 10.1 Å². The number of rotatable bonds is 6. The molecule has 0 aromatic heterocycles. The molecule has 3 rings (SSSR count). The monoisotopic (exact) mass is 373 g/mol. The highest BCUT2D eigenvalue weighted by molar-refractivity contribution is 5.53. The molecule has 146 valence electrons. The third-order valence-corrected chi connectivity index (χ3v) is 4.73. The first-order chi connectivity index (χ1) is 12.8. The Bertz CT molecular complexity index is 774. The van der Waals surface area contributed by atoms with Crippen molar-refractivity contribution in [3.63, 3.8) is 0 Å². The maximum Gasteiger partial charge on any atom is 0.132 e. The standard InChI is InChI=1S/C22H28FNO3/c1-14(2)26-20-18-12-17(24-13-15-6-8-16(23)9-7-15)10-11-19(18)27-22(3,4)21(20)25-5/h6-12,14,20-21,24H,13H2,1-5H3. The van der Waals surface area contributed by atoms with Gasteiger partial charge in [0.05, 0.1) is 6.10 Å². The smallest absolute Gasteiger partial charge is 0.132 e. The zero-order valence-corrected chi connectivity index (χ0v) is 16.6. The molecule has 1 aliphatic rings. The fourth-order valence-corrected chi connectivity index (χ4v) is 3.49. The van der Waals surface area contributed by atoms with Gasteiger partial charge >= 0.3 is 0 Å². The molecule has 0 saturated carbocycles. The average molecular weight is 373 g/mol. The lowest BCUT2D eigenvalue weighted by molar-refractivity contribution is -0.161. The molecule has 0 aliphatic carbocycles. The Balaban J connectivity index is 1.85. The number of halogens is 1. The summed E-state index contributed by atoms with van der Waals surface area (Å²) in [5.74, 6) is 0.581. The fourth-order valence-electron chi connectivity index (χ4n) is 3.49. The molecule has 2 unspecified atom stereocenters. The first-order valence-electron chi connectivity index (χ1n) is 9.29. The zero-order chi connectivity index (χ0) is 19.6. The predicted molar refractivity (Wildman–Crippen MR) is 105 cm³/mol. The molecule has 1 aliphatic heterocycles. The van der Waals surface area contributed by atoms with Crippen molar-refractivity contribution < 1.29 is 18.6 Å². The van der Waals surface area contributed by atoms with E-state index in [1.54, 1.807) is 19.2 Å². The van der Waals surface area contributed by atoms with Crippen molar-refractivity contribution in [2.75, 3.05) is 12.4 Å². The lowest BCUT2D eigenvalue weighted by Gasteiger charge is -2.44. The second-order valence-corrected chi connectivity index (χ2v) is 7.70. The van der Waals surface area contributed by atoms with Crippen LogP contribution in [0.5, 0.6) is 5.75 Å².